The first-order valence-electron chi connectivity index (χ1n) is 7.63. The molecular weight excluding hydrogens is 290 g/mol. The molecule has 1 aromatic heterocycles. The van der Waals surface area contributed by atoms with Crippen LogP contribution in [0.4, 0.5) is 0 Å². The summed E-state index contributed by atoms with van der Waals surface area (Å²) in [6, 6.07) is 7.55. The molecule has 2 N–H and O–H groups in total. The fourth-order valence-corrected chi connectivity index (χ4v) is 2.38. The van der Waals surface area contributed by atoms with Crippen LogP contribution in [0, 0.1) is 13.8 Å². The van der Waals surface area contributed by atoms with Crippen molar-refractivity contribution in [2.75, 3.05) is 6.54 Å². The van der Waals surface area contributed by atoms with E-state index in [-0.39, 0.29) is 23.9 Å². The topological polar surface area (TPSA) is 71.1 Å². The third-order valence-corrected chi connectivity index (χ3v) is 3.26. The molecule has 0 radical (unpaired) electrons. The van der Waals surface area contributed by atoms with E-state index in [0.717, 1.165) is 22.2 Å². The van der Waals surface area contributed by atoms with Gasteiger partial charge < -0.3 is 10.6 Å². The lowest BCUT2D eigenvalue weighted by atomic mass is 10.0. The number of aryl methyl sites for hydroxylation is 2. The predicted octanol–water partition coefficient (Wildman–Crippen LogP) is 2.50. The summed E-state index contributed by atoms with van der Waals surface area (Å²) in [5.74, 6) is -0.479. The largest absolute Gasteiger partial charge is 0.350 e. The zero-order valence-electron chi connectivity index (χ0n) is 14.3. The Hall–Kier alpha value is -2.43. The summed E-state index contributed by atoms with van der Waals surface area (Å²) in [6.45, 7) is 9.46. The number of benzene rings is 1. The molecule has 1 heterocycles. The minimum atomic E-state index is -0.321. The molecule has 0 saturated heterocycles. The highest BCUT2D eigenvalue weighted by Gasteiger charge is 2.16. The molecule has 5 heteroatoms. The number of amides is 2. The lowest BCUT2D eigenvalue weighted by Crippen LogP contribution is -2.45. The summed E-state index contributed by atoms with van der Waals surface area (Å²) < 4.78 is 0. The number of nitrogens with zero attached hydrogens (tertiary/aromatic N) is 1. The lowest BCUT2D eigenvalue weighted by molar-refractivity contribution is -0.121. The van der Waals surface area contributed by atoms with Crippen molar-refractivity contribution in [2.24, 2.45) is 0 Å². The maximum atomic E-state index is 12.5. The average Bonchev–Trinajstić information content (AvgIpc) is 2.42. The van der Waals surface area contributed by atoms with Crippen LogP contribution >= 0.6 is 0 Å². The Bertz CT molecular complexity index is 761. The van der Waals surface area contributed by atoms with Gasteiger partial charge in [-0.15, -0.1) is 0 Å². The van der Waals surface area contributed by atoms with Crippen LogP contribution in [0.1, 0.15) is 42.4 Å². The molecule has 0 spiro atoms. The predicted molar refractivity (Wildman–Crippen MR) is 91.4 cm³/mol. The molecule has 0 aliphatic carbocycles. The molecule has 0 unspecified atom stereocenters. The average molecular weight is 313 g/mol. The number of carbonyl (C=O) groups excluding carboxylic acids is 2. The maximum absolute atomic E-state index is 12.5. The monoisotopic (exact) mass is 313 g/mol. The van der Waals surface area contributed by atoms with Crippen molar-refractivity contribution in [1.29, 1.82) is 0 Å². The number of aromatic nitrogens is 1. The number of hydrogen-bond donors (Lipinski definition) is 2. The molecular formula is C18H23N3O2. The molecule has 0 aliphatic rings. The molecule has 0 aliphatic heterocycles. The Labute approximate surface area is 136 Å². The van der Waals surface area contributed by atoms with Crippen molar-refractivity contribution in [1.82, 2.24) is 15.6 Å². The number of carbonyl (C=O) groups is 2. The Morgan fingerprint density at radius 2 is 1.83 bits per heavy atom. The van der Waals surface area contributed by atoms with Crippen LogP contribution in [0.15, 0.2) is 24.3 Å². The van der Waals surface area contributed by atoms with E-state index >= 15 is 0 Å². The molecule has 23 heavy (non-hydrogen) atoms. The van der Waals surface area contributed by atoms with E-state index in [4.69, 9.17) is 0 Å². The molecule has 0 atom stereocenters. The molecule has 2 aromatic rings. The highest BCUT2D eigenvalue weighted by atomic mass is 16.2. The van der Waals surface area contributed by atoms with Gasteiger partial charge in [0.1, 0.15) is 0 Å². The van der Waals surface area contributed by atoms with Gasteiger partial charge in [0.05, 0.1) is 17.6 Å². The zero-order chi connectivity index (χ0) is 17.2. The number of pyridine rings is 1. The molecule has 0 bridgehead atoms. The SMILES string of the molecule is Cc1ccc2nc(C)cc(C(=O)NCC(=O)NC(C)(C)C)c2c1. The molecule has 2 rings (SSSR count). The van der Waals surface area contributed by atoms with Gasteiger partial charge in [-0.25, -0.2) is 0 Å². The van der Waals surface area contributed by atoms with Crippen molar-refractivity contribution in [3.8, 4) is 0 Å². The molecule has 0 fully saturated rings. The quantitative estimate of drug-likeness (QED) is 0.914. The van der Waals surface area contributed by atoms with Crippen molar-refractivity contribution in [3.63, 3.8) is 0 Å². The summed E-state index contributed by atoms with van der Waals surface area (Å²) in [6.07, 6.45) is 0. The minimum absolute atomic E-state index is 0.0508. The van der Waals surface area contributed by atoms with E-state index in [0.29, 0.717) is 5.56 Å². The summed E-state index contributed by atoms with van der Waals surface area (Å²) in [5.41, 5.74) is 2.83. The van der Waals surface area contributed by atoms with E-state index < -0.39 is 0 Å². The lowest BCUT2D eigenvalue weighted by Gasteiger charge is -2.20. The summed E-state index contributed by atoms with van der Waals surface area (Å²) >= 11 is 0. The molecule has 1 aromatic carbocycles. The molecule has 2 amide bonds. The Morgan fingerprint density at radius 1 is 1.13 bits per heavy atom. The fourth-order valence-electron chi connectivity index (χ4n) is 2.38. The highest BCUT2D eigenvalue weighted by Crippen LogP contribution is 2.20. The second-order valence-electron chi connectivity index (χ2n) is 6.81. The van der Waals surface area contributed by atoms with Crippen molar-refractivity contribution in [2.45, 2.75) is 40.2 Å². The fraction of sp³-hybridized carbons (Fsp3) is 0.389. The van der Waals surface area contributed by atoms with Crippen LogP contribution in [0.3, 0.4) is 0 Å². The maximum Gasteiger partial charge on any atom is 0.252 e. The second kappa shape index (κ2) is 6.36. The van der Waals surface area contributed by atoms with Gasteiger partial charge in [-0.05, 0) is 52.8 Å². The van der Waals surface area contributed by atoms with Gasteiger partial charge in [0.2, 0.25) is 5.91 Å². The molecule has 0 saturated carbocycles. The Morgan fingerprint density at radius 3 is 2.48 bits per heavy atom. The normalized spacial score (nSPS) is 11.3. The van der Waals surface area contributed by atoms with Crippen LogP contribution < -0.4 is 10.6 Å². The van der Waals surface area contributed by atoms with E-state index in [9.17, 15) is 9.59 Å². The van der Waals surface area contributed by atoms with Gasteiger partial charge in [0, 0.05) is 16.6 Å². The van der Waals surface area contributed by atoms with Crippen LogP contribution in [-0.2, 0) is 4.79 Å². The van der Waals surface area contributed by atoms with Crippen LogP contribution in [0.2, 0.25) is 0 Å². The van der Waals surface area contributed by atoms with Crippen molar-refractivity contribution in [3.05, 3.63) is 41.1 Å². The van der Waals surface area contributed by atoms with Gasteiger partial charge in [-0.1, -0.05) is 11.6 Å². The first-order chi connectivity index (χ1) is 10.7. The Kier molecular flexibility index (Phi) is 4.68. The number of fused-ring (bicyclic) bond motifs is 1. The van der Waals surface area contributed by atoms with Gasteiger partial charge in [-0.2, -0.15) is 0 Å². The van der Waals surface area contributed by atoms with Crippen molar-refractivity contribution >= 4 is 22.7 Å². The first-order valence-corrected chi connectivity index (χ1v) is 7.63. The summed E-state index contributed by atoms with van der Waals surface area (Å²) in [5, 5.41) is 6.29. The van der Waals surface area contributed by atoms with Gasteiger partial charge in [-0.3, -0.25) is 14.6 Å². The third-order valence-electron chi connectivity index (χ3n) is 3.26. The molecule has 5 nitrogen and oxygen atoms in total. The van der Waals surface area contributed by atoms with Gasteiger partial charge >= 0.3 is 0 Å². The van der Waals surface area contributed by atoms with E-state index in [1.807, 2.05) is 52.8 Å². The van der Waals surface area contributed by atoms with E-state index in [2.05, 4.69) is 15.6 Å². The molecule has 122 valence electrons. The van der Waals surface area contributed by atoms with E-state index in [1.165, 1.54) is 0 Å². The summed E-state index contributed by atoms with van der Waals surface area (Å²) in [4.78, 5) is 28.8. The zero-order valence-corrected chi connectivity index (χ0v) is 14.3. The Balaban J connectivity index is 2.21. The first kappa shape index (κ1) is 16.9. The van der Waals surface area contributed by atoms with Crippen LogP contribution in [0.5, 0.6) is 0 Å². The minimum Gasteiger partial charge on any atom is -0.350 e. The number of nitrogens with one attached hydrogen (secondary N) is 2. The number of rotatable bonds is 3. The van der Waals surface area contributed by atoms with Crippen molar-refractivity contribution < 1.29 is 9.59 Å². The smallest absolute Gasteiger partial charge is 0.252 e. The number of hydrogen-bond acceptors (Lipinski definition) is 3. The standard InChI is InChI=1S/C18H23N3O2/c1-11-6-7-15-13(8-11)14(9-12(2)20-15)17(23)19-10-16(22)21-18(3,4)5/h6-9H,10H2,1-5H3,(H,19,23)(H,21,22). The second-order valence-corrected chi connectivity index (χ2v) is 6.81. The van der Waals surface area contributed by atoms with Gasteiger partial charge in [0.15, 0.2) is 0 Å². The van der Waals surface area contributed by atoms with Crippen LogP contribution in [-0.4, -0.2) is 28.9 Å². The van der Waals surface area contributed by atoms with Crippen LogP contribution in [0.25, 0.3) is 10.9 Å². The van der Waals surface area contributed by atoms with Gasteiger partial charge in [0.25, 0.3) is 5.91 Å². The van der Waals surface area contributed by atoms with E-state index in [1.54, 1.807) is 6.07 Å². The summed E-state index contributed by atoms with van der Waals surface area (Å²) in [7, 11) is 0. The highest BCUT2D eigenvalue weighted by molar-refractivity contribution is 6.07. The third kappa shape index (κ3) is 4.52.